The molecule has 1 unspecified atom stereocenters. The number of anilines is 1. The van der Waals surface area contributed by atoms with Crippen LogP contribution in [-0.4, -0.2) is 29.1 Å². The lowest BCUT2D eigenvalue weighted by Crippen LogP contribution is -2.30. The van der Waals surface area contributed by atoms with Gasteiger partial charge in [-0.1, -0.05) is 6.92 Å². The minimum atomic E-state index is -1.28. The lowest BCUT2D eigenvalue weighted by atomic mass is 10.2. The van der Waals surface area contributed by atoms with Gasteiger partial charge in [0, 0.05) is 19.3 Å². The van der Waals surface area contributed by atoms with E-state index in [2.05, 4.69) is 4.98 Å². The van der Waals surface area contributed by atoms with Crippen LogP contribution in [0.4, 0.5) is 10.2 Å². The minimum Gasteiger partial charge on any atom is -0.478 e. The Bertz CT molecular complexity index is 396. The van der Waals surface area contributed by atoms with Crippen molar-refractivity contribution < 1.29 is 14.3 Å². The van der Waals surface area contributed by atoms with Gasteiger partial charge in [0.05, 0.1) is 0 Å². The number of pyridine rings is 1. The van der Waals surface area contributed by atoms with Crippen molar-refractivity contribution in [1.82, 2.24) is 4.98 Å². The molecule has 0 spiro atoms. The van der Waals surface area contributed by atoms with E-state index in [9.17, 15) is 9.18 Å². The largest absolute Gasteiger partial charge is 0.478 e. The number of nitrogens with zero attached hydrogens (tertiary/aromatic N) is 2. The van der Waals surface area contributed by atoms with Crippen molar-refractivity contribution >= 4 is 11.8 Å². The van der Waals surface area contributed by atoms with Crippen molar-refractivity contribution in [3.8, 4) is 0 Å². The Kier molecular flexibility index (Phi) is 3.82. The molecule has 0 saturated heterocycles. The molecule has 0 fully saturated rings. The Balaban J connectivity index is 3.15. The molecular formula is C11H15FN2O2. The molecule has 1 rings (SSSR count). The number of carbonyl (C=O) groups is 1. The lowest BCUT2D eigenvalue weighted by Gasteiger charge is -2.25. The van der Waals surface area contributed by atoms with E-state index >= 15 is 0 Å². The number of hydrogen-bond acceptors (Lipinski definition) is 3. The van der Waals surface area contributed by atoms with Crippen molar-refractivity contribution in [1.29, 1.82) is 0 Å². The van der Waals surface area contributed by atoms with E-state index in [0.29, 0.717) is 0 Å². The summed E-state index contributed by atoms with van der Waals surface area (Å²) in [6.07, 6.45) is 2.13. The summed E-state index contributed by atoms with van der Waals surface area (Å²) in [4.78, 5) is 16.3. The molecule has 1 heterocycles. The summed E-state index contributed by atoms with van der Waals surface area (Å²) in [5, 5.41) is 8.78. The van der Waals surface area contributed by atoms with Crippen LogP contribution in [0.3, 0.4) is 0 Å². The normalized spacial score (nSPS) is 12.2. The molecule has 1 aromatic heterocycles. The number of carboxylic acids is 1. The molecule has 5 heteroatoms. The summed E-state index contributed by atoms with van der Waals surface area (Å²) in [5.74, 6) is -1.98. The summed E-state index contributed by atoms with van der Waals surface area (Å²) in [5.41, 5.74) is -0.347. The predicted octanol–water partition coefficient (Wildman–Crippen LogP) is 2.15. The molecule has 0 aliphatic carbocycles. The highest BCUT2D eigenvalue weighted by atomic mass is 19.1. The average Bonchev–Trinajstić information content (AvgIpc) is 2.27. The van der Waals surface area contributed by atoms with Gasteiger partial charge in [-0.05, 0) is 19.4 Å². The van der Waals surface area contributed by atoms with Gasteiger partial charge in [0.2, 0.25) is 0 Å². The molecule has 16 heavy (non-hydrogen) atoms. The van der Waals surface area contributed by atoms with Crippen molar-refractivity contribution in [2.75, 3.05) is 11.9 Å². The number of halogens is 1. The second-order valence-electron chi connectivity index (χ2n) is 3.67. The summed E-state index contributed by atoms with van der Waals surface area (Å²) in [7, 11) is 1.70. The Labute approximate surface area is 93.7 Å². The van der Waals surface area contributed by atoms with E-state index < -0.39 is 11.8 Å². The zero-order valence-electron chi connectivity index (χ0n) is 9.57. The zero-order chi connectivity index (χ0) is 12.3. The standard InChI is InChI=1S/C11H15FN2O2/c1-4-7(2)14(3)10-9(12)8(11(15)16)5-6-13-10/h5-7H,4H2,1-3H3,(H,15,16). The monoisotopic (exact) mass is 226 g/mol. The van der Waals surface area contributed by atoms with Crippen LogP contribution < -0.4 is 4.90 Å². The van der Waals surface area contributed by atoms with E-state index in [0.717, 1.165) is 12.5 Å². The smallest absolute Gasteiger partial charge is 0.338 e. The van der Waals surface area contributed by atoms with Crippen molar-refractivity contribution in [3.63, 3.8) is 0 Å². The molecule has 0 bridgehead atoms. The maximum Gasteiger partial charge on any atom is 0.338 e. The molecule has 1 atom stereocenters. The predicted molar refractivity (Wildman–Crippen MR) is 59.3 cm³/mol. The fraction of sp³-hybridized carbons (Fsp3) is 0.455. The van der Waals surface area contributed by atoms with Crippen LogP contribution in [0.2, 0.25) is 0 Å². The summed E-state index contributed by atoms with van der Waals surface area (Å²) >= 11 is 0. The highest BCUT2D eigenvalue weighted by Gasteiger charge is 2.19. The van der Waals surface area contributed by atoms with Gasteiger partial charge < -0.3 is 10.0 Å². The lowest BCUT2D eigenvalue weighted by molar-refractivity contribution is 0.0691. The van der Waals surface area contributed by atoms with E-state index in [1.165, 1.54) is 6.20 Å². The quantitative estimate of drug-likeness (QED) is 0.854. The van der Waals surface area contributed by atoms with E-state index in [1.807, 2.05) is 13.8 Å². The number of aromatic nitrogens is 1. The molecular weight excluding hydrogens is 211 g/mol. The molecule has 0 aromatic carbocycles. The van der Waals surface area contributed by atoms with Crippen molar-refractivity contribution in [2.24, 2.45) is 0 Å². The van der Waals surface area contributed by atoms with Crippen molar-refractivity contribution in [2.45, 2.75) is 26.3 Å². The summed E-state index contributed by atoms with van der Waals surface area (Å²) < 4.78 is 13.8. The van der Waals surface area contributed by atoms with Crippen molar-refractivity contribution in [3.05, 3.63) is 23.6 Å². The Morgan fingerprint density at radius 2 is 2.31 bits per heavy atom. The SMILES string of the molecule is CCC(C)N(C)c1nccc(C(=O)O)c1F. The highest BCUT2D eigenvalue weighted by Crippen LogP contribution is 2.20. The molecule has 0 aliphatic heterocycles. The van der Waals surface area contributed by atoms with Gasteiger partial charge in [0.15, 0.2) is 11.6 Å². The first-order chi connectivity index (χ1) is 7.49. The van der Waals surface area contributed by atoms with Gasteiger partial charge in [-0.15, -0.1) is 0 Å². The molecule has 1 aromatic rings. The van der Waals surface area contributed by atoms with Gasteiger partial charge in [0.1, 0.15) is 5.56 Å². The van der Waals surface area contributed by atoms with Gasteiger partial charge in [-0.25, -0.2) is 14.2 Å². The fourth-order valence-corrected chi connectivity index (χ4v) is 1.33. The van der Waals surface area contributed by atoms with Crippen LogP contribution in [0, 0.1) is 5.82 Å². The van der Waals surface area contributed by atoms with Crippen LogP contribution in [0.15, 0.2) is 12.3 Å². The third-order valence-electron chi connectivity index (χ3n) is 2.69. The van der Waals surface area contributed by atoms with Gasteiger partial charge in [-0.2, -0.15) is 0 Å². The fourth-order valence-electron chi connectivity index (χ4n) is 1.33. The van der Waals surface area contributed by atoms with Crippen LogP contribution in [0.5, 0.6) is 0 Å². The first-order valence-corrected chi connectivity index (χ1v) is 5.09. The van der Waals surface area contributed by atoms with Gasteiger partial charge >= 0.3 is 5.97 Å². The number of carboxylic acid groups (broad SMARTS) is 1. The van der Waals surface area contributed by atoms with Gasteiger partial charge in [-0.3, -0.25) is 0 Å². The molecule has 0 saturated carbocycles. The minimum absolute atomic E-state index is 0.0780. The topological polar surface area (TPSA) is 53.4 Å². The molecule has 1 N–H and O–H groups in total. The first kappa shape index (κ1) is 12.4. The maximum atomic E-state index is 13.8. The van der Waals surface area contributed by atoms with Crippen LogP contribution >= 0.6 is 0 Å². The average molecular weight is 226 g/mol. The Morgan fingerprint density at radius 3 is 2.81 bits per heavy atom. The third-order valence-corrected chi connectivity index (χ3v) is 2.69. The summed E-state index contributed by atoms with van der Waals surface area (Å²) in [6, 6.07) is 1.26. The second-order valence-corrected chi connectivity index (χ2v) is 3.67. The second kappa shape index (κ2) is 4.92. The number of aromatic carboxylic acids is 1. The van der Waals surface area contributed by atoms with Gasteiger partial charge in [0.25, 0.3) is 0 Å². The third kappa shape index (κ3) is 2.29. The number of rotatable bonds is 4. The van der Waals surface area contributed by atoms with E-state index in [4.69, 9.17) is 5.11 Å². The molecule has 0 radical (unpaired) electrons. The zero-order valence-corrected chi connectivity index (χ0v) is 9.57. The number of hydrogen-bond donors (Lipinski definition) is 1. The van der Waals surface area contributed by atoms with E-state index in [1.54, 1.807) is 11.9 Å². The highest BCUT2D eigenvalue weighted by molar-refractivity contribution is 5.88. The molecule has 88 valence electrons. The Morgan fingerprint density at radius 1 is 1.69 bits per heavy atom. The van der Waals surface area contributed by atoms with Crippen LogP contribution in [0.25, 0.3) is 0 Å². The van der Waals surface area contributed by atoms with Crippen LogP contribution in [0.1, 0.15) is 30.6 Å². The summed E-state index contributed by atoms with van der Waals surface area (Å²) in [6.45, 7) is 3.90. The van der Waals surface area contributed by atoms with E-state index in [-0.39, 0.29) is 17.4 Å². The van der Waals surface area contributed by atoms with Crippen LogP contribution in [-0.2, 0) is 0 Å². The molecule has 4 nitrogen and oxygen atoms in total. The Hall–Kier alpha value is -1.65. The maximum absolute atomic E-state index is 13.8. The first-order valence-electron chi connectivity index (χ1n) is 5.09. The molecule has 0 aliphatic rings. The molecule has 0 amide bonds.